The molecule has 1 fully saturated rings. The minimum absolute atomic E-state index is 0.00770. The number of hydrogen-bond donors (Lipinski definition) is 0. The smallest absolute Gasteiger partial charge is 0.330 e. The molecule has 0 aliphatic carbocycles. The third-order valence-electron chi connectivity index (χ3n) is 6.29. The molecule has 2 aromatic rings. The Hall–Kier alpha value is -5.08. The summed E-state index contributed by atoms with van der Waals surface area (Å²) in [6.45, 7) is 5.37. The molecule has 5 atom stereocenters. The van der Waals surface area contributed by atoms with Gasteiger partial charge in [-0.1, -0.05) is 36.4 Å². The van der Waals surface area contributed by atoms with Crippen molar-refractivity contribution >= 4 is 41.9 Å². The summed E-state index contributed by atoms with van der Waals surface area (Å²) in [5.74, 6) is -4.42. The molecule has 0 amide bonds. The average Bonchev–Trinajstić information content (AvgIpc) is 2.98. The fourth-order valence-corrected chi connectivity index (χ4v) is 4.54. The highest BCUT2D eigenvalue weighted by Crippen LogP contribution is 2.31. The van der Waals surface area contributed by atoms with Gasteiger partial charge in [-0.05, 0) is 35.8 Å². The lowest BCUT2D eigenvalue weighted by Gasteiger charge is -2.44. The van der Waals surface area contributed by atoms with E-state index in [4.69, 9.17) is 37.9 Å². The van der Waals surface area contributed by atoms with Crippen LogP contribution in [0.2, 0.25) is 0 Å². The van der Waals surface area contributed by atoms with Gasteiger partial charge in [-0.15, -0.1) is 0 Å². The molecule has 5 unspecified atom stereocenters. The quantitative estimate of drug-likeness (QED) is 0.133. The summed E-state index contributed by atoms with van der Waals surface area (Å²) in [7, 11) is 0. The Bertz CT molecular complexity index is 1470. The first kappa shape index (κ1) is 36.4. The van der Waals surface area contributed by atoms with Gasteiger partial charge in [0.05, 0.1) is 6.61 Å². The van der Waals surface area contributed by atoms with Crippen LogP contribution >= 0.6 is 0 Å². The van der Waals surface area contributed by atoms with Crippen molar-refractivity contribution in [3.05, 3.63) is 65.7 Å². The first-order valence-electron chi connectivity index (χ1n) is 14.5. The molecule has 1 saturated heterocycles. The van der Waals surface area contributed by atoms with Crippen molar-refractivity contribution in [2.24, 2.45) is 0 Å². The van der Waals surface area contributed by atoms with Gasteiger partial charge in [0.1, 0.15) is 12.7 Å². The molecule has 1 heterocycles. The zero-order chi connectivity index (χ0) is 34.5. The summed E-state index contributed by atoms with van der Waals surface area (Å²) in [6, 6.07) is 13.7. The Morgan fingerprint density at radius 1 is 0.702 bits per heavy atom. The van der Waals surface area contributed by atoms with Crippen LogP contribution in [-0.4, -0.2) is 79.7 Å². The monoisotopic (exact) mass is 656 g/mol. The zero-order valence-electron chi connectivity index (χ0n) is 26.5. The van der Waals surface area contributed by atoms with E-state index in [0.717, 1.165) is 32.4 Å². The molecular weight excluding hydrogens is 620 g/mol. The number of carbonyl (C=O) groups excluding carboxylic acids is 6. The van der Waals surface area contributed by atoms with Crippen LogP contribution in [0.5, 0.6) is 11.5 Å². The molecule has 0 saturated carbocycles. The predicted octanol–water partition coefficient (Wildman–Crippen LogP) is 2.87. The molecule has 0 N–H and O–H groups in total. The van der Waals surface area contributed by atoms with Crippen molar-refractivity contribution in [1.82, 2.24) is 0 Å². The highest BCUT2D eigenvalue weighted by molar-refractivity contribution is 5.87. The average molecular weight is 657 g/mol. The first-order valence-corrected chi connectivity index (χ1v) is 14.5. The maximum Gasteiger partial charge on any atom is 0.330 e. The highest BCUT2D eigenvalue weighted by Gasteiger charge is 2.52. The van der Waals surface area contributed by atoms with Crippen LogP contribution in [0.3, 0.4) is 0 Å². The normalized spacial score (nSPS) is 20.5. The van der Waals surface area contributed by atoms with E-state index in [0.29, 0.717) is 12.0 Å². The number of carbonyl (C=O) groups is 6. The van der Waals surface area contributed by atoms with E-state index in [1.54, 1.807) is 0 Å². The fraction of sp³-hybridized carbons (Fsp3) is 0.394. The molecule has 0 radical (unpaired) electrons. The van der Waals surface area contributed by atoms with Crippen LogP contribution in [0.1, 0.15) is 45.7 Å². The Kier molecular flexibility index (Phi) is 13.6. The van der Waals surface area contributed by atoms with Gasteiger partial charge in [-0.3, -0.25) is 24.0 Å². The van der Waals surface area contributed by atoms with Crippen LogP contribution in [0, 0.1) is 0 Å². The Labute approximate surface area is 270 Å². The van der Waals surface area contributed by atoms with Gasteiger partial charge in [0.2, 0.25) is 0 Å². The van der Waals surface area contributed by atoms with Gasteiger partial charge in [0, 0.05) is 40.7 Å². The molecule has 0 spiro atoms. The lowest BCUT2D eigenvalue weighted by Crippen LogP contribution is -2.63. The van der Waals surface area contributed by atoms with Crippen LogP contribution in [0.25, 0.3) is 6.08 Å². The summed E-state index contributed by atoms with van der Waals surface area (Å²) >= 11 is 0. The largest absolute Gasteiger partial charge is 0.460 e. The molecule has 3 rings (SSSR count). The Morgan fingerprint density at radius 3 is 1.91 bits per heavy atom. The maximum absolute atomic E-state index is 12.7. The summed E-state index contributed by atoms with van der Waals surface area (Å²) in [5, 5.41) is 0. The molecule has 14 nitrogen and oxygen atoms in total. The maximum atomic E-state index is 12.7. The minimum atomic E-state index is -1.37. The van der Waals surface area contributed by atoms with Crippen molar-refractivity contribution < 1.29 is 66.7 Å². The van der Waals surface area contributed by atoms with E-state index in [-0.39, 0.29) is 18.1 Å². The molecule has 14 heteroatoms. The van der Waals surface area contributed by atoms with Gasteiger partial charge in [0.15, 0.2) is 36.1 Å². The number of esters is 6. The van der Waals surface area contributed by atoms with Gasteiger partial charge in [0.25, 0.3) is 0 Å². The van der Waals surface area contributed by atoms with E-state index in [1.165, 1.54) is 38.1 Å². The number of ether oxygens (including phenoxy) is 8. The summed E-state index contributed by atoms with van der Waals surface area (Å²) in [5.41, 5.74) is 1.35. The second-order valence-electron chi connectivity index (χ2n) is 10.2. The third kappa shape index (κ3) is 12.0. The number of rotatable bonds is 13. The minimum Gasteiger partial charge on any atom is -0.460 e. The van der Waals surface area contributed by atoms with Crippen molar-refractivity contribution in [3.8, 4) is 11.5 Å². The van der Waals surface area contributed by atoms with Crippen LogP contribution in [-0.2, 0) is 63.6 Å². The van der Waals surface area contributed by atoms with Gasteiger partial charge < -0.3 is 37.9 Å². The second kappa shape index (κ2) is 17.6. The first-order chi connectivity index (χ1) is 22.3. The highest BCUT2D eigenvalue weighted by atomic mass is 16.7. The fourth-order valence-electron chi connectivity index (χ4n) is 4.54. The third-order valence-corrected chi connectivity index (χ3v) is 6.29. The van der Waals surface area contributed by atoms with Crippen LogP contribution in [0.4, 0.5) is 0 Å². The van der Waals surface area contributed by atoms with Gasteiger partial charge >= 0.3 is 35.8 Å². The SMILES string of the molecule is CC(=O)Oc1ccc(/C=C/C(=O)OCC2OC(OCCc3ccccc3)C(OC(C)=O)C(OC(C)=O)C2OC(C)=O)cc1OC(C)=O. The zero-order valence-corrected chi connectivity index (χ0v) is 26.5. The topological polar surface area (TPSA) is 176 Å². The molecular formula is C33H36O14. The molecule has 1 aliphatic heterocycles. The Morgan fingerprint density at radius 2 is 1.30 bits per heavy atom. The Balaban J connectivity index is 1.80. The molecule has 0 bridgehead atoms. The van der Waals surface area contributed by atoms with Crippen LogP contribution in [0.15, 0.2) is 54.6 Å². The molecule has 1 aliphatic rings. The van der Waals surface area contributed by atoms with E-state index in [9.17, 15) is 28.8 Å². The van der Waals surface area contributed by atoms with Gasteiger partial charge in [-0.25, -0.2) is 4.79 Å². The standard InChI is InChI=1S/C33H36O14/c1-19(34)42-26-13-11-25(17-27(26)43-20(2)35)12-14-29(39)41-18-28-30(44-21(3)36)31(45-22(4)37)32(46-23(5)38)33(47-28)40-16-15-24-9-7-6-8-10-24/h6-14,17,28,30-33H,15-16,18H2,1-5H3/b14-12+. The lowest BCUT2D eigenvalue weighted by atomic mass is 9.98. The molecule has 47 heavy (non-hydrogen) atoms. The number of hydrogen-bond acceptors (Lipinski definition) is 14. The molecule has 0 aromatic heterocycles. The summed E-state index contributed by atoms with van der Waals surface area (Å²) in [4.78, 5) is 71.8. The summed E-state index contributed by atoms with van der Waals surface area (Å²) < 4.78 is 43.7. The van der Waals surface area contributed by atoms with E-state index in [2.05, 4.69) is 0 Å². The van der Waals surface area contributed by atoms with E-state index in [1.807, 2.05) is 30.3 Å². The van der Waals surface area contributed by atoms with Crippen LogP contribution < -0.4 is 9.47 Å². The van der Waals surface area contributed by atoms with Crippen molar-refractivity contribution in [1.29, 1.82) is 0 Å². The molecule has 2 aromatic carbocycles. The van der Waals surface area contributed by atoms with E-state index < -0.39 is 73.1 Å². The van der Waals surface area contributed by atoms with Crippen molar-refractivity contribution in [3.63, 3.8) is 0 Å². The van der Waals surface area contributed by atoms with Crippen molar-refractivity contribution in [2.75, 3.05) is 13.2 Å². The summed E-state index contributed by atoms with van der Waals surface area (Å²) in [6.07, 6.45) is -3.68. The second-order valence-corrected chi connectivity index (χ2v) is 10.2. The van der Waals surface area contributed by atoms with E-state index >= 15 is 0 Å². The molecule has 252 valence electrons. The predicted molar refractivity (Wildman–Crippen MR) is 160 cm³/mol. The number of benzene rings is 2. The lowest BCUT2D eigenvalue weighted by molar-refractivity contribution is -0.307. The van der Waals surface area contributed by atoms with Crippen molar-refractivity contribution in [2.45, 2.75) is 71.7 Å². The van der Waals surface area contributed by atoms with Gasteiger partial charge in [-0.2, -0.15) is 0 Å².